The van der Waals surface area contributed by atoms with Gasteiger partial charge in [-0.25, -0.2) is 9.50 Å². The average Bonchev–Trinajstić information content (AvgIpc) is 2.58. The van der Waals surface area contributed by atoms with Gasteiger partial charge in [0.25, 0.3) is 5.91 Å². The smallest absolute Gasteiger partial charge is 0.271 e. The summed E-state index contributed by atoms with van der Waals surface area (Å²) in [6.07, 6.45) is 1.63. The van der Waals surface area contributed by atoms with Crippen LogP contribution in [-0.2, 0) is 0 Å². The molecular formula is C8H10N4OS. The molecule has 0 unspecified atom stereocenters. The van der Waals surface area contributed by atoms with Gasteiger partial charge in [-0.3, -0.25) is 4.79 Å². The van der Waals surface area contributed by atoms with E-state index in [9.17, 15) is 4.79 Å². The van der Waals surface area contributed by atoms with Gasteiger partial charge in [0.05, 0.1) is 6.20 Å². The van der Waals surface area contributed by atoms with E-state index >= 15 is 0 Å². The normalized spacial score (nSPS) is 11.1. The lowest BCUT2D eigenvalue weighted by molar-refractivity contribution is 0.0938. The molecule has 0 saturated heterocycles. The first-order valence-corrected chi connectivity index (χ1v) is 5.14. The zero-order valence-electron chi connectivity index (χ0n) is 7.89. The Morgan fingerprint density at radius 1 is 1.64 bits per heavy atom. The van der Waals surface area contributed by atoms with Gasteiger partial charge >= 0.3 is 0 Å². The van der Waals surface area contributed by atoms with Crippen molar-refractivity contribution in [2.24, 2.45) is 0 Å². The maximum absolute atomic E-state index is 11.5. The fourth-order valence-electron chi connectivity index (χ4n) is 1.08. The number of carbonyl (C=O) groups excluding carboxylic acids is 1. The third-order valence-corrected chi connectivity index (χ3v) is 2.33. The van der Waals surface area contributed by atoms with Crippen LogP contribution < -0.4 is 5.32 Å². The summed E-state index contributed by atoms with van der Waals surface area (Å²) in [7, 11) is 0. The van der Waals surface area contributed by atoms with Crippen molar-refractivity contribution in [2.45, 2.75) is 19.9 Å². The number of nitrogens with zero attached hydrogens (tertiary/aromatic N) is 3. The zero-order chi connectivity index (χ0) is 10.1. The Labute approximate surface area is 84.8 Å². The first-order chi connectivity index (χ1) is 6.66. The molecule has 14 heavy (non-hydrogen) atoms. The maximum atomic E-state index is 11.5. The van der Waals surface area contributed by atoms with E-state index in [1.165, 1.54) is 11.3 Å². The number of amides is 1. The summed E-state index contributed by atoms with van der Waals surface area (Å²) in [5, 5.41) is 6.77. The number of hydrogen-bond acceptors (Lipinski definition) is 4. The van der Waals surface area contributed by atoms with Crippen LogP contribution in [0.5, 0.6) is 0 Å². The van der Waals surface area contributed by atoms with Crippen molar-refractivity contribution < 1.29 is 4.79 Å². The van der Waals surface area contributed by atoms with Gasteiger partial charge in [0.15, 0.2) is 0 Å². The molecule has 0 radical (unpaired) electrons. The van der Waals surface area contributed by atoms with Crippen molar-refractivity contribution in [3.8, 4) is 0 Å². The van der Waals surface area contributed by atoms with Crippen molar-refractivity contribution in [1.82, 2.24) is 19.9 Å². The first-order valence-electron chi connectivity index (χ1n) is 4.26. The number of nitrogens with one attached hydrogen (secondary N) is 1. The highest BCUT2D eigenvalue weighted by molar-refractivity contribution is 7.14. The highest BCUT2D eigenvalue weighted by atomic mass is 32.1. The summed E-state index contributed by atoms with van der Waals surface area (Å²) in [5.41, 5.74) is 2.10. The Morgan fingerprint density at radius 2 is 2.43 bits per heavy atom. The van der Waals surface area contributed by atoms with Crippen molar-refractivity contribution in [2.75, 3.05) is 0 Å². The second kappa shape index (κ2) is 3.38. The third kappa shape index (κ3) is 1.60. The fourth-order valence-corrected chi connectivity index (χ4v) is 1.69. The lowest BCUT2D eigenvalue weighted by atomic mass is 10.3. The van der Waals surface area contributed by atoms with Gasteiger partial charge in [0.1, 0.15) is 11.2 Å². The quantitative estimate of drug-likeness (QED) is 0.802. The van der Waals surface area contributed by atoms with Gasteiger partial charge in [0, 0.05) is 6.04 Å². The largest absolute Gasteiger partial charge is 0.348 e. The minimum atomic E-state index is -0.155. The molecule has 2 rings (SSSR count). The molecular weight excluding hydrogens is 200 g/mol. The van der Waals surface area contributed by atoms with E-state index in [4.69, 9.17) is 0 Å². The molecule has 0 aromatic carbocycles. The number of rotatable bonds is 2. The third-order valence-electron chi connectivity index (χ3n) is 1.64. The number of carbonyl (C=O) groups is 1. The lowest BCUT2D eigenvalue weighted by Gasteiger charge is -2.04. The molecule has 1 amide bonds. The van der Waals surface area contributed by atoms with Gasteiger partial charge in [-0.2, -0.15) is 5.10 Å². The van der Waals surface area contributed by atoms with Crippen LogP contribution in [-0.4, -0.2) is 26.5 Å². The van der Waals surface area contributed by atoms with E-state index in [0.29, 0.717) is 5.69 Å². The monoisotopic (exact) mass is 210 g/mol. The summed E-state index contributed by atoms with van der Waals surface area (Å²) in [6, 6.07) is 0.121. The van der Waals surface area contributed by atoms with Crippen LogP contribution in [0, 0.1) is 0 Å². The number of aromatic nitrogens is 3. The van der Waals surface area contributed by atoms with Crippen molar-refractivity contribution >= 4 is 22.2 Å². The van der Waals surface area contributed by atoms with E-state index in [1.807, 2.05) is 13.8 Å². The number of imidazole rings is 1. The molecule has 5 nitrogen and oxygen atoms in total. The van der Waals surface area contributed by atoms with E-state index in [2.05, 4.69) is 15.4 Å². The van der Waals surface area contributed by atoms with Gasteiger partial charge in [-0.1, -0.05) is 11.3 Å². The molecule has 0 saturated carbocycles. The highest BCUT2D eigenvalue weighted by Gasteiger charge is 2.12. The van der Waals surface area contributed by atoms with Crippen LogP contribution >= 0.6 is 11.3 Å². The van der Waals surface area contributed by atoms with Crippen LogP contribution in [0.15, 0.2) is 11.7 Å². The number of fused-ring (bicyclic) bond motifs is 1. The topological polar surface area (TPSA) is 59.3 Å². The van der Waals surface area contributed by atoms with E-state index in [-0.39, 0.29) is 11.9 Å². The van der Waals surface area contributed by atoms with Gasteiger partial charge < -0.3 is 5.32 Å². The lowest BCUT2D eigenvalue weighted by Crippen LogP contribution is -2.30. The summed E-state index contributed by atoms with van der Waals surface area (Å²) in [4.78, 5) is 16.4. The Kier molecular flexibility index (Phi) is 2.20. The summed E-state index contributed by atoms with van der Waals surface area (Å²) in [5.74, 6) is -0.155. The Bertz CT molecular complexity index is 430. The van der Waals surface area contributed by atoms with Gasteiger partial charge in [0.2, 0.25) is 4.96 Å². The molecule has 2 heterocycles. The summed E-state index contributed by atoms with van der Waals surface area (Å²) in [6.45, 7) is 3.82. The molecule has 2 aromatic heterocycles. The Balaban J connectivity index is 2.26. The van der Waals surface area contributed by atoms with Crippen LogP contribution in [0.25, 0.3) is 4.96 Å². The van der Waals surface area contributed by atoms with E-state index < -0.39 is 0 Å². The minimum Gasteiger partial charge on any atom is -0.348 e. The molecule has 6 heteroatoms. The predicted octanol–water partition coefficient (Wildman–Crippen LogP) is 0.929. The molecule has 0 aliphatic rings. The minimum absolute atomic E-state index is 0.121. The summed E-state index contributed by atoms with van der Waals surface area (Å²) < 4.78 is 1.60. The van der Waals surface area contributed by atoms with Gasteiger partial charge in [-0.15, -0.1) is 0 Å². The number of hydrogen-bond donors (Lipinski definition) is 1. The second-order valence-electron chi connectivity index (χ2n) is 3.22. The van der Waals surface area contributed by atoms with E-state index in [0.717, 1.165) is 4.96 Å². The molecule has 0 spiro atoms. The first kappa shape index (κ1) is 9.14. The van der Waals surface area contributed by atoms with Crippen LogP contribution in [0.2, 0.25) is 0 Å². The molecule has 1 N–H and O–H groups in total. The molecule has 0 atom stereocenters. The molecule has 0 fully saturated rings. The van der Waals surface area contributed by atoms with Gasteiger partial charge in [-0.05, 0) is 13.8 Å². The van der Waals surface area contributed by atoms with E-state index in [1.54, 1.807) is 16.2 Å². The average molecular weight is 210 g/mol. The molecule has 0 aliphatic carbocycles. The second-order valence-corrected chi connectivity index (χ2v) is 4.03. The summed E-state index contributed by atoms with van der Waals surface area (Å²) >= 11 is 1.41. The highest BCUT2D eigenvalue weighted by Crippen LogP contribution is 2.08. The predicted molar refractivity (Wildman–Crippen MR) is 53.5 cm³/mol. The Morgan fingerprint density at radius 3 is 3.07 bits per heavy atom. The SMILES string of the molecule is CC(C)NC(=O)c1cn2ncsc2n1. The fraction of sp³-hybridized carbons (Fsp3) is 0.375. The maximum Gasteiger partial charge on any atom is 0.271 e. The van der Waals surface area contributed by atoms with Crippen LogP contribution in [0.3, 0.4) is 0 Å². The van der Waals surface area contributed by atoms with Crippen molar-refractivity contribution in [3.05, 3.63) is 17.4 Å². The Hall–Kier alpha value is -1.43. The van der Waals surface area contributed by atoms with Crippen LogP contribution in [0.4, 0.5) is 0 Å². The molecule has 0 aliphatic heterocycles. The van der Waals surface area contributed by atoms with Crippen LogP contribution in [0.1, 0.15) is 24.3 Å². The zero-order valence-corrected chi connectivity index (χ0v) is 8.71. The van der Waals surface area contributed by atoms with Crippen molar-refractivity contribution in [1.29, 1.82) is 0 Å². The molecule has 0 bridgehead atoms. The molecule has 74 valence electrons. The van der Waals surface area contributed by atoms with Crippen molar-refractivity contribution in [3.63, 3.8) is 0 Å². The molecule has 2 aromatic rings. The standard InChI is InChI=1S/C8H10N4OS/c1-5(2)10-7(13)6-3-12-8(11-6)14-4-9-12/h3-5H,1-2H3,(H,10,13).